The van der Waals surface area contributed by atoms with Crippen LogP contribution in [0.25, 0.3) is 5.76 Å². The molecule has 0 aliphatic heterocycles. The summed E-state index contributed by atoms with van der Waals surface area (Å²) in [5.74, 6) is 0.913. The van der Waals surface area contributed by atoms with E-state index in [4.69, 9.17) is 4.74 Å². The molecular formula is C20H26O3. The molecule has 1 aromatic carbocycles. The van der Waals surface area contributed by atoms with Crippen LogP contribution in [0.5, 0.6) is 0 Å². The minimum Gasteiger partial charge on any atom is -0.508 e. The molecule has 0 atom stereocenters. The summed E-state index contributed by atoms with van der Waals surface area (Å²) in [4.78, 5) is 12.1. The fourth-order valence-corrected chi connectivity index (χ4v) is 3.17. The van der Waals surface area contributed by atoms with Gasteiger partial charge in [-0.3, -0.25) is 0 Å². The molecule has 3 heteroatoms. The maximum Gasteiger partial charge on any atom is 0.338 e. The number of carbonyl (C=O) groups is 1. The highest BCUT2D eigenvalue weighted by atomic mass is 16.5. The van der Waals surface area contributed by atoms with Crippen LogP contribution in [0, 0.1) is 11.8 Å². The molecule has 0 radical (unpaired) electrons. The molecule has 0 unspecified atom stereocenters. The van der Waals surface area contributed by atoms with Gasteiger partial charge in [-0.05, 0) is 63.0 Å². The topological polar surface area (TPSA) is 46.5 Å². The Bertz CT molecular complexity index is 563. The molecule has 1 aromatic rings. The predicted molar refractivity (Wildman–Crippen MR) is 93.3 cm³/mol. The first kappa shape index (κ1) is 17.3. The molecule has 0 aromatic heterocycles. The Kier molecular flexibility index (Phi) is 6.03. The Labute approximate surface area is 138 Å². The number of esters is 1. The SMILES string of the molecule is C=C(C)CC1CCC(COC(=O)c2ccc(C(=C)O)cc2)CC1. The van der Waals surface area contributed by atoms with Crippen molar-refractivity contribution >= 4 is 11.7 Å². The fraction of sp³-hybridized carbons (Fsp3) is 0.450. The van der Waals surface area contributed by atoms with Crippen molar-refractivity contribution in [2.45, 2.75) is 39.0 Å². The first-order chi connectivity index (χ1) is 11.0. The normalized spacial score (nSPS) is 20.7. The van der Waals surface area contributed by atoms with E-state index in [0.717, 1.165) is 25.2 Å². The lowest BCUT2D eigenvalue weighted by atomic mass is 9.80. The van der Waals surface area contributed by atoms with Crippen molar-refractivity contribution in [3.8, 4) is 0 Å². The van der Waals surface area contributed by atoms with Crippen LogP contribution in [0.3, 0.4) is 0 Å². The van der Waals surface area contributed by atoms with E-state index in [9.17, 15) is 9.90 Å². The lowest BCUT2D eigenvalue weighted by Crippen LogP contribution is -2.20. The van der Waals surface area contributed by atoms with Crippen LogP contribution in [-0.4, -0.2) is 17.7 Å². The highest BCUT2D eigenvalue weighted by Gasteiger charge is 2.22. The predicted octanol–water partition coefficient (Wildman–Crippen LogP) is 5.14. The van der Waals surface area contributed by atoms with Crippen LogP contribution < -0.4 is 0 Å². The van der Waals surface area contributed by atoms with Crippen molar-refractivity contribution in [1.29, 1.82) is 0 Å². The Morgan fingerprint density at radius 1 is 1.09 bits per heavy atom. The third kappa shape index (κ3) is 5.27. The molecule has 1 fully saturated rings. The van der Waals surface area contributed by atoms with Crippen LogP contribution in [0.2, 0.25) is 0 Å². The first-order valence-corrected chi connectivity index (χ1v) is 8.25. The van der Waals surface area contributed by atoms with E-state index in [0.29, 0.717) is 23.7 Å². The molecular weight excluding hydrogens is 288 g/mol. The molecule has 1 aliphatic carbocycles. The second-order valence-electron chi connectivity index (χ2n) is 6.67. The summed E-state index contributed by atoms with van der Waals surface area (Å²) >= 11 is 0. The molecule has 1 saturated carbocycles. The summed E-state index contributed by atoms with van der Waals surface area (Å²) in [5, 5.41) is 9.29. The van der Waals surface area contributed by atoms with Crippen molar-refractivity contribution < 1.29 is 14.6 Å². The van der Waals surface area contributed by atoms with Crippen molar-refractivity contribution in [3.63, 3.8) is 0 Å². The molecule has 0 bridgehead atoms. The number of aliphatic hydroxyl groups is 1. The molecule has 1 aliphatic rings. The van der Waals surface area contributed by atoms with Gasteiger partial charge in [0.1, 0.15) is 5.76 Å². The van der Waals surface area contributed by atoms with Gasteiger partial charge in [0.25, 0.3) is 0 Å². The molecule has 2 rings (SSSR count). The van der Waals surface area contributed by atoms with E-state index in [1.807, 2.05) is 0 Å². The average molecular weight is 314 g/mol. The number of hydrogen-bond donors (Lipinski definition) is 1. The molecule has 1 N–H and O–H groups in total. The summed E-state index contributed by atoms with van der Waals surface area (Å²) in [7, 11) is 0. The summed E-state index contributed by atoms with van der Waals surface area (Å²) in [5.41, 5.74) is 2.37. The quantitative estimate of drug-likeness (QED) is 0.449. The number of ether oxygens (including phenoxy) is 1. The third-order valence-corrected chi connectivity index (χ3v) is 4.51. The highest BCUT2D eigenvalue weighted by molar-refractivity contribution is 5.89. The monoisotopic (exact) mass is 314 g/mol. The molecule has 124 valence electrons. The van der Waals surface area contributed by atoms with Crippen LogP contribution in [-0.2, 0) is 4.74 Å². The number of carbonyl (C=O) groups excluding carboxylic acids is 1. The van der Waals surface area contributed by atoms with Gasteiger partial charge < -0.3 is 9.84 Å². The van der Waals surface area contributed by atoms with Gasteiger partial charge in [0, 0.05) is 5.56 Å². The molecule has 0 saturated heterocycles. The van der Waals surface area contributed by atoms with Gasteiger partial charge in [0.2, 0.25) is 0 Å². The number of rotatable bonds is 6. The minimum atomic E-state index is -0.302. The lowest BCUT2D eigenvalue weighted by Gasteiger charge is -2.28. The maximum atomic E-state index is 12.1. The first-order valence-electron chi connectivity index (χ1n) is 8.25. The van der Waals surface area contributed by atoms with E-state index in [2.05, 4.69) is 20.1 Å². The summed E-state index contributed by atoms with van der Waals surface area (Å²) in [6.45, 7) is 10.0. The van der Waals surface area contributed by atoms with Crippen molar-refractivity contribution in [2.24, 2.45) is 11.8 Å². The summed E-state index contributed by atoms with van der Waals surface area (Å²) < 4.78 is 5.44. The highest BCUT2D eigenvalue weighted by Crippen LogP contribution is 2.32. The van der Waals surface area contributed by atoms with Gasteiger partial charge in [-0.1, -0.05) is 24.3 Å². The lowest BCUT2D eigenvalue weighted by molar-refractivity contribution is 0.0395. The largest absolute Gasteiger partial charge is 0.508 e. The minimum absolute atomic E-state index is 0.00330. The second-order valence-corrected chi connectivity index (χ2v) is 6.67. The third-order valence-electron chi connectivity index (χ3n) is 4.51. The zero-order valence-electron chi connectivity index (χ0n) is 13.9. The number of aliphatic hydroxyl groups excluding tert-OH is 1. The standard InChI is InChI=1S/C20H26O3/c1-14(2)12-16-4-6-17(7-5-16)13-23-20(22)19-10-8-18(9-11-19)15(3)21/h8-11,16-17,21H,1,3-7,12-13H2,2H3. The second kappa shape index (κ2) is 8.00. The van der Waals surface area contributed by atoms with Crippen LogP contribution in [0.4, 0.5) is 0 Å². The summed E-state index contributed by atoms with van der Waals surface area (Å²) in [6, 6.07) is 6.65. The van der Waals surface area contributed by atoms with Gasteiger partial charge in [-0.15, -0.1) is 6.58 Å². The van der Waals surface area contributed by atoms with Gasteiger partial charge in [-0.2, -0.15) is 0 Å². The molecule has 0 amide bonds. The number of hydrogen-bond acceptors (Lipinski definition) is 3. The van der Waals surface area contributed by atoms with Crippen LogP contribution in [0.15, 0.2) is 43.0 Å². The van der Waals surface area contributed by atoms with Crippen molar-refractivity contribution in [1.82, 2.24) is 0 Å². The molecule has 0 spiro atoms. The van der Waals surface area contributed by atoms with E-state index >= 15 is 0 Å². The zero-order chi connectivity index (χ0) is 16.8. The van der Waals surface area contributed by atoms with Crippen molar-refractivity contribution in [3.05, 3.63) is 54.1 Å². The van der Waals surface area contributed by atoms with E-state index in [1.54, 1.807) is 24.3 Å². The maximum absolute atomic E-state index is 12.1. The molecule has 0 heterocycles. The Balaban J connectivity index is 1.77. The Hall–Kier alpha value is -2.03. The zero-order valence-corrected chi connectivity index (χ0v) is 13.9. The van der Waals surface area contributed by atoms with Gasteiger partial charge in [-0.25, -0.2) is 4.79 Å². The average Bonchev–Trinajstić information content (AvgIpc) is 2.53. The smallest absolute Gasteiger partial charge is 0.338 e. The van der Waals surface area contributed by atoms with Crippen LogP contribution >= 0.6 is 0 Å². The molecule has 3 nitrogen and oxygen atoms in total. The van der Waals surface area contributed by atoms with Crippen LogP contribution in [0.1, 0.15) is 54.9 Å². The molecule has 23 heavy (non-hydrogen) atoms. The van der Waals surface area contributed by atoms with Gasteiger partial charge in [0.15, 0.2) is 0 Å². The number of allylic oxidation sites excluding steroid dienone is 1. The Morgan fingerprint density at radius 3 is 2.13 bits per heavy atom. The van der Waals surface area contributed by atoms with Crippen molar-refractivity contribution in [2.75, 3.05) is 6.61 Å². The van der Waals surface area contributed by atoms with E-state index in [1.165, 1.54) is 18.4 Å². The van der Waals surface area contributed by atoms with Gasteiger partial charge >= 0.3 is 5.97 Å². The fourth-order valence-electron chi connectivity index (χ4n) is 3.17. The van der Waals surface area contributed by atoms with Gasteiger partial charge in [0.05, 0.1) is 12.2 Å². The van der Waals surface area contributed by atoms with E-state index < -0.39 is 0 Å². The Morgan fingerprint density at radius 2 is 1.61 bits per heavy atom. The van der Waals surface area contributed by atoms with E-state index in [-0.39, 0.29) is 11.7 Å². The summed E-state index contributed by atoms with van der Waals surface area (Å²) in [6.07, 6.45) is 5.75. The number of benzene rings is 1.